The van der Waals surface area contributed by atoms with Gasteiger partial charge in [-0.25, -0.2) is 0 Å². The van der Waals surface area contributed by atoms with E-state index >= 15 is 0 Å². The van der Waals surface area contributed by atoms with E-state index in [1.54, 1.807) is 0 Å². The topological polar surface area (TPSA) is 20.7 Å². The summed E-state index contributed by atoms with van der Waals surface area (Å²) < 4.78 is 2.91. The van der Waals surface area contributed by atoms with Gasteiger partial charge in [0, 0.05) is 6.04 Å². The van der Waals surface area contributed by atoms with E-state index in [-0.39, 0.29) is 0 Å². The molecule has 0 aliphatic carbocycles. The number of aromatic amines is 1. The Labute approximate surface area is 118 Å². The maximum Gasteiger partial charge on any atom is 0.178 e. The van der Waals surface area contributed by atoms with Gasteiger partial charge in [-0.2, -0.15) is 0 Å². The van der Waals surface area contributed by atoms with Crippen LogP contribution in [-0.2, 0) is 0 Å². The molecule has 2 aromatic rings. The van der Waals surface area contributed by atoms with Crippen LogP contribution >= 0.6 is 23.8 Å². The van der Waals surface area contributed by atoms with E-state index in [0.717, 1.165) is 27.2 Å². The first-order chi connectivity index (χ1) is 8.50. The lowest BCUT2D eigenvalue weighted by atomic mass is 10.0. The molecule has 1 atom stereocenters. The minimum Gasteiger partial charge on any atom is -0.331 e. The number of aromatic nitrogens is 2. The number of H-pyrrole nitrogens is 1. The molecule has 0 aliphatic heterocycles. The monoisotopic (exact) mass is 282 g/mol. The minimum absolute atomic E-state index is 0.369. The van der Waals surface area contributed by atoms with Crippen molar-refractivity contribution in [3.8, 4) is 0 Å². The second kappa shape index (κ2) is 5.45. The highest BCUT2D eigenvalue weighted by molar-refractivity contribution is 7.71. The van der Waals surface area contributed by atoms with E-state index < -0.39 is 0 Å². The Morgan fingerprint density at radius 2 is 2.00 bits per heavy atom. The molecular formula is C14H19ClN2S. The van der Waals surface area contributed by atoms with Crippen molar-refractivity contribution in [2.75, 3.05) is 0 Å². The van der Waals surface area contributed by atoms with Crippen molar-refractivity contribution in [3.05, 3.63) is 28.0 Å². The number of para-hydroxylation sites is 1. The number of imidazole rings is 1. The number of rotatable bonds is 4. The van der Waals surface area contributed by atoms with Gasteiger partial charge in [-0.15, -0.1) is 0 Å². The standard InChI is InChI=1S/C14H19ClN2S/c1-9(2)7-8-10(3)17-13-11(15)5-4-6-12(13)16-14(17)18/h4-6,9-10H,7-8H2,1-3H3,(H,16,18). The lowest BCUT2D eigenvalue weighted by Crippen LogP contribution is -2.06. The summed E-state index contributed by atoms with van der Waals surface area (Å²) in [6.45, 7) is 6.69. The Kier molecular flexibility index (Phi) is 4.13. The largest absolute Gasteiger partial charge is 0.331 e. The molecule has 0 saturated carbocycles. The molecule has 0 saturated heterocycles. The van der Waals surface area contributed by atoms with Gasteiger partial charge in [-0.05, 0) is 50.0 Å². The van der Waals surface area contributed by atoms with E-state index in [4.69, 9.17) is 23.8 Å². The predicted octanol–water partition coefficient (Wildman–Crippen LogP) is 5.35. The van der Waals surface area contributed by atoms with Gasteiger partial charge in [0.05, 0.1) is 16.1 Å². The van der Waals surface area contributed by atoms with Crippen molar-refractivity contribution < 1.29 is 0 Å². The zero-order chi connectivity index (χ0) is 13.3. The summed E-state index contributed by atoms with van der Waals surface area (Å²) in [6.07, 6.45) is 2.31. The van der Waals surface area contributed by atoms with Crippen LogP contribution in [0.15, 0.2) is 18.2 Å². The van der Waals surface area contributed by atoms with E-state index in [2.05, 4.69) is 30.3 Å². The van der Waals surface area contributed by atoms with Gasteiger partial charge in [-0.1, -0.05) is 31.5 Å². The van der Waals surface area contributed by atoms with Gasteiger partial charge in [0.25, 0.3) is 0 Å². The van der Waals surface area contributed by atoms with Crippen molar-refractivity contribution in [3.63, 3.8) is 0 Å². The Balaban J connectivity index is 2.43. The smallest absolute Gasteiger partial charge is 0.178 e. The average molecular weight is 283 g/mol. The van der Waals surface area contributed by atoms with Gasteiger partial charge in [0.2, 0.25) is 0 Å². The van der Waals surface area contributed by atoms with Crippen LogP contribution in [0.2, 0.25) is 5.02 Å². The molecule has 0 spiro atoms. The van der Waals surface area contributed by atoms with Crippen LogP contribution in [-0.4, -0.2) is 9.55 Å². The van der Waals surface area contributed by atoms with Crippen molar-refractivity contribution in [1.82, 2.24) is 9.55 Å². The molecule has 1 aromatic carbocycles. The molecule has 0 radical (unpaired) electrons. The summed E-state index contributed by atoms with van der Waals surface area (Å²) in [4.78, 5) is 3.23. The minimum atomic E-state index is 0.369. The normalized spacial score (nSPS) is 13.4. The molecule has 4 heteroatoms. The fraction of sp³-hybridized carbons (Fsp3) is 0.500. The molecule has 0 fully saturated rings. The molecule has 2 rings (SSSR count). The van der Waals surface area contributed by atoms with Crippen LogP contribution in [0.4, 0.5) is 0 Å². The van der Waals surface area contributed by atoms with Gasteiger partial charge < -0.3 is 9.55 Å². The highest BCUT2D eigenvalue weighted by Crippen LogP contribution is 2.28. The van der Waals surface area contributed by atoms with Gasteiger partial charge in [0.15, 0.2) is 4.77 Å². The summed E-state index contributed by atoms with van der Waals surface area (Å²) in [5, 5.41) is 0.760. The molecule has 0 bridgehead atoms. The molecule has 0 amide bonds. The lowest BCUT2D eigenvalue weighted by Gasteiger charge is -2.16. The fourth-order valence-electron chi connectivity index (χ4n) is 2.26. The number of nitrogens with zero attached hydrogens (tertiary/aromatic N) is 1. The second-order valence-electron chi connectivity index (χ2n) is 5.26. The third-order valence-corrected chi connectivity index (χ3v) is 3.89. The highest BCUT2D eigenvalue weighted by atomic mass is 35.5. The Morgan fingerprint density at radius 1 is 1.28 bits per heavy atom. The van der Waals surface area contributed by atoms with E-state index in [0.29, 0.717) is 12.0 Å². The molecule has 1 aromatic heterocycles. The predicted molar refractivity (Wildman–Crippen MR) is 80.9 cm³/mol. The first-order valence-corrected chi connectivity index (χ1v) is 7.18. The first kappa shape index (κ1) is 13.6. The Morgan fingerprint density at radius 3 is 2.67 bits per heavy atom. The first-order valence-electron chi connectivity index (χ1n) is 6.39. The Hall–Kier alpha value is -0.800. The zero-order valence-corrected chi connectivity index (χ0v) is 12.6. The summed E-state index contributed by atoms with van der Waals surface area (Å²) in [7, 11) is 0. The summed E-state index contributed by atoms with van der Waals surface area (Å²) in [6, 6.07) is 6.24. The van der Waals surface area contributed by atoms with Crippen LogP contribution < -0.4 is 0 Å². The molecule has 18 heavy (non-hydrogen) atoms. The maximum absolute atomic E-state index is 6.30. The van der Waals surface area contributed by atoms with Crippen LogP contribution in [0.25, 0.3) is 11.0 Å². The SMILES string of the molecule is CC(C)CCC(C)n1c(=S)[nH]c2cccc(Cl)c21. The average Bonchev–Trinajstić information content (AvgIpc) is 2.63. The van der Waals surface area contributed by atoms with Crippen LogP contribution in [0.5, 0.6) is 0 Å². The van der Waals surface area contributed by atoms with Gasteiger partial charge >= 0.3 is 0 Å². The van der Waals surface area contributed by atoms with Crippen molar-refractivity contribution >= 4 is 34.9 Å². The van der Waals surface area contributed by atoms with Gasteiger partial charge in [0.1, 0.15) is 0 Å². The fourth-order valence-corrected chi connectivity index (χ4v) is 2.91. The van der Waals surface area contributed by atoms with E-state index in [1.165, 1.54) is 6.42 Å². The zero-order valence-electron chi connectivity index (χ0n) is 11.0. The van der Waals surface area contributed by atoms with Crippen molar-refractivity contribution in [1.29, 1.82) is 0 Å². The molecule has 2 nitrogen and oxygen atoms in total. The van der Waals surface area contributed by atoms with Crippen LogP contribution in [0.3, 0.4) is 0 Å². The summed E-state index contributed by atoms with van der Waals surface area (Å²) in [5.74, 6) is 0.710. The number of hydrogen-bond acceptors (Lipinski definition) is 1. The lowest BCUT2D eigenvalue weighted by molar-refractivity contribution is 0.443. The number of fused-ring (bicyclic) bond motifs is 1. The van der Waals surface area contributed by atoms with Crippen molar-refractivity contribution in [2.24, 2.45) is 5.92 Å². The second-order valence-corrected chi connectivity index (χ2v) is 6.05. The highest BCUT2D eigenvalue weighted by Gasteiger charge is 2.13. The molecule has 1 heterocycles. The van der Waals surface area contributed by atoms with E-state index in [9.17, 15) is 0 Å². The summed E-state index contributed by atoms with van der Waals surface area (Å²) >= 11 is 11.7. The molecule has 98 valence electrons. The number of nitrogens with one attached hydrogen (secondary N) is 1. The number of hydrogen-bond donors (Lipinski definition) is 1. The van der Waals surface area contributed by atoms with E-state index in [1.807, 2.05) is 18.2 Å². The maximum atomic E-state index is 6.30. The van der Waals surface area contributed by atoms with Crippen molar-refractivity contribution in [2.45, 2.75) is 39.7 Å². The molecule has 1 N–H and O–H groups in total. The quantitative estimate of drug-likeness (QED) is 0.750. The molecule has 1 unspecified atom stereocenters. The Bertz CT molecular complexity index is 597. The summed E-state index contributed by atoms with van der Waals surface area (Å²) in [5.41, 5.74) is 2.05. The third kappa shape index (κ3) is 2.62. The van der Waals surface area contributed by atoms with Gasteiger partial charge in [-0.3, -0.25) is 0 Å². The molecule has 0 aliphatic rings. The number of halogens is 1. The number of benzene rings is 1. The third-order valence-electron chi connectivity index (χ3n) is 3.29. The van der Waals surface area contributed by atoms with Crippen LogP contribution in [0.1, 0.15) is 39.7 Å². The molecular weight excluding hydrogens is 264 g/mol. The van der Waals surface area contributed by atoms with Crippen LogP contribution in [0, 0.1) is 10.7 Å².